The minimum absolute atomic E-state index is 0.309. The van der Waals surface area contributed by atoms with E-state index in [1.807, 2.05) is 0 Å². The third-order valence-electron chi connectivity index (χ3n) is 1.35. The molecule has 2 atom stereocenters. The molecule has 0 bridgehead atoms. The molecule has 0 spiro atoms. The van der Waals surface area contributed by atoms with Crippen molar-refractivity contribution in [3.8, 4) is 0 Å². The molecule has 0 fully saturated rings. The zero-order valence-electron chi connectivity index (χ0n) is 6.16. The lowest BCUT2D eigenvalue weighted by molar-refractivity contribution is -0.143. The van der Waals surface area contributed by atoms with E-state index in [9.17, 15) is 9.18 Å². The minimum atomic E-state index is -1.97. The van der Waals surface area contributed by atoms with Gasteiger partial charge in [-0.25, -0.2) is 9.18 Å². The molecule has 0 rings (SSSR count). The van der Waals surface area contributed by atoms with Gasteiger partial charge in [-0.15, -0.1) is 0 Å². The average molecular weight is 164 g/mol. The summed E-state index contributed by atoms with van der Waals surface area (Å²) in [5, 5.41) is 8.17. The molecule has 0 aromatic heterocycles. The van der Waals surface area contributed by atoms with Crippen molar-refractivity contribution in [2.24, 2.45) is 11.5 Å². The zero-order valence-corrected chi connectivity index (χ0v) is 6.16. The molecule has 0 aliphatic carbocycles. The van der Waals surface area contributed by atoms with Crippen LogP contribution in [0.25, 0.3) is 0 Å². The van der Waals surface area contributed by atoms with Gasteiger partial charge in [-0.3, -0.25) is 0 Å². The van der Waals surface area contributed by atoms with Crippen molar-refractivity contribution in [3.63, 3.8) is 0 Å². The van der Waals surface area contributed by atoms with Crippen LogP contribution in [0.1, 0.15) is 12.8 Å². The number of halogens is 1. The molecule has 0 radical (unpaired) electrons. The van der Waals surface area contributed by atoms with Crippen molar-refractivity contribution in [2.75, 3.05) is 6.54 Å². The molecule has 0 amide bonds. The van der Waals surface area contributed by atoms with Gasteiger partial charge in [0.2, 0.25) is 6.17 Å². The number of carbonyl (C=O) groups is 1. The van der Waals surface area contributed by atoms with Gasteiger partial charge in [0.05, 0.1) is 0 Å². The van der Waals surface area contributed by atoms with Crippen LogP contribution in [0.3, 0.4) is 0 Å². The van der Waals surface area contributed by atoms with Crippen LogP contribution in [0.5, 0.6) is 0 Å². The molecule has 0 aromatic carbocycles. The highest BCUT2D eigenvalue weighted by Crippen LogP contribution is 2.02. The molecule has 66 valence electrons. The first-order chi connectivity index (χ1) is 5.09. The van der Waals surface area contributed by atoms with E-state index in [-0.39, 0.29) is 0 Å². The van der Waals surface area contributed by atoms with Crippen molar-refractivity contribution in [1.82, 2.24) is 0 Å². The SMILES string of the molecule is NCCCC(N)C(F)C(=O)O. The quantitative estimate of drug-likeness (QED) is 0.509. The molecule has 0 saturated heterocycles. The first kappa shape index (κ1) is 10.3. The Labute approximate surface area is 64.4 Å². The van der Waals surface area contributed by atoms with Gasteiger partial charge in [0.25, 0.3) is 0 Å². The maximum atomic E-state index is 12.5. The Kier molecular flexibility index (Phi) is 4.72. The summed E-state index contributed by atoms with van der Waals surface area (Å²) >= 11 is 0. The number of hydrogen-bond acceptors (Lipinski definition) is 3. The molecule has 2 unspecified atom stereocenters. The van der Waals surface area contributed by atoms with Crippen LogP contribution in [0.2, 0.25) is 0 Å². The van der Waals surface area contributed by atoms with Crippen molar-refractivity contribution in [2.45, 2.75) is 25.1 Å². The third kappa shape index (κ3) is 3.90. The standard InChI is InChI=1S/C6H13FN2O2/c7-5(6(10)11)4(9)2-1-3-8/h4-5H,1-3,8-9H2,(H,10,11). The molecule has 0 aliphatic rings. The predicted molar refractivity (Wildman–Crippen MR) is 38.8 cm³/mol. The number of alkyl halides is 1. The van der Waals surface area contributed by atoms with Crippen molar-refractivity contribution >= 4 is 5.97 Å². The summed E-state index contributed by atoms with van der Waals surface area (Å²) in [4.78, 5) is 10.0. The summed E-state index contributed by atoms with van der Waals surface area (Å²) < 4.78 is 12.5. The molecule has 0 aromatic rings. The fourth-order valence-electron chi connectivity index (χ4n) is 0.683. The summed E-state index contributed by atoms with van der Waals surface area (Å²) in [6.07, 6.45) is -1.11. The Bertz CT molecular complexity index is 132. The molecule has 11 heavy (non-hydrogen) atoms. The summed E-state index contributed by atoms with van der Waals surface area (Å²) in [5.41, 5.74) is 10.3. The van der Waals surface area contributed by atoms with E-state index in [0.29, 0.717) is 19.4 Å². The van der Waals surface area contributed by atoms with Crippen LogP contribution in [0, 0.1) is 0 Å². The van der Waals surface area contributed by atoms with Crippen molar-refractivity contribution in [3.05, 3.63) is 0 Å². The van der Waals surface area contributed by atoms with Gasteiger partial charge in [0, 0.05) is 6.04 Å². The van der Waals surface area contributed by atoms with Crippen molar-refractivity contribution in [1.29, 1.82) is 0 Å². The molecule has 5 N–H and O–H groups in total. The lowest BCUT2D eigenvalue weighted by Crippen LogP contribution is -2.37. The molecule has 0 aliphatic heterocycles. The smallest absolute Gasteiger partial charge is 0.339 e. The monoisotopic (exact) mass is 164 g/mol. The summed E-state index contributed by atoms with van der Waals surface area (Å²) in [6, 6.07) is -0.934. The lowest BCUT2D eigenvalue weighted by Gasteiger charge is -2.11. The maximum absolute atomic E-state index is 12.5. The number of nitrogens with two attached hydrogens (primary N) is 2. The van der Waals surface area contributed by atoms with Gasteiger partial charge in [0.1, 0.15) is 0 Å². The Hall–Kier alpha value is -0.680. The molecule has 0 heterocycles. The number of aliphatic carboxylic acids is 1. The second-order valence-electron chi connectivity index (χ2n) is 2.33. The van der Waals surface area contributed by atoms with Crippen LogP contribution in [-0.2, 0) is 4.79 Å². The molecule has 4 nitrogen and oxygen atoms in total. The Morgan fingerprint density at radius 2 is 2.18 bits per heavy atom. The Morgan fingerprint density at radius 3 is 2.55 bits per heavy atom. The first-order valence-corrected chi connectivity index (χ1v) is 3.42. The molecular weight excluding hydrogens is 151 g/mol. The number of carboxylic acid groups (broad SMARTS) is 1. The molecule has 5 heteroatoms. The van der Waals surface area contributed by atoms with Crippen LogP contribution in [0.15, 0.2) is 0 Å². The summed E-state index contributed by atoms with van der Waals surface area (Å²) in [5.74, 6) is -1.51. The van der Waals surface area contributed by atoms with Crippen LogP contribution < -0.4 is 11.5 Å². The number of carboxylic acids is 1. The van der Waals surface area contributed by atoms with E-state index in [0.717, 1.165) is 0 Å². The fourth-order valence-corrected chi connectivity index (χ4v) is 0.683. The minimum Gasteiger partial charge on any atom is -0.479 e. The van der Waals surface area contributed by atoms with Gasteiger partial charge in [-0.2, -0.15) is 0 Å². The lowest BCUT2D eigenvalue weighted by atomic mass is 10.1. The second kappa shape index (κ2) is 5.03. The normalized spacial score (nSPS) is 15.9. The van der Waals surface area contributed by atoms with Gasteiger partial charge < -0.3 is 16.6 Å². The van der Waals surface area contributed by atoms with E-state index in [1.165, 1.54) is 0 Å². The van der Waals surface area contributed by atoms with E-state index in [4.69, 9.17) is 16.6 Å². The molecule has 0 saturated carbocycles. The average Bonchev–Trinajstić information content (AvgIpc) is 1.98. The number of rotatable bonds is 5. The zero-order chi connectivity index (χ0) is 8.85. The highest BCUT2D eigenvalue weighted by atomic mass is 19.1. The van der Waals surface area contributed by atoms with E-state index in [1.54, 1.807) is 0 Å². The highest BCUT2D eigenvalue weighted by molar-refractivity contribution is 5.73. The van der Waals surface area contributed by atoms with Gasteiger partial charge in [0.15, 0.2) is 0 Å². The Morgan fingerprint density at radius 1 is 1.64 bits per heavy atom. The van der Waals surface area contributed by atoms with Crippen LogP contribution in [-0.4, -0.2) is 29.8 Å². The van der Waals surface area contributed by atoms with Crippen LogP contribution >= 0.6 is 0 Å². The van der Waals surface area contributed by atoms with E-state index >= 15 is 0 Å². The fraction of sp³-hybridized carbons (Fsp3) is 0.833. The van der Waals surface area contributed by atoms with E-state index in [2.05, 4.69) is 0 Å². The summed E-state index contributed by atoms with van der Waals surface area (Å²) in [6.45, 7) is 0.403. The van der Waals surface area contributed by atoms with Crippen LogP contribution in [0.4, 0.5) is 4.39 Å². The second-order valence-corrected chi connectivity index (χ2v) is 2.33. The predicted octanol–water partition coefficient (Wildman–Crippen LogP) is -0.525. The first-order valence-electron chi connectivity index (χ1n) is 3.42. The maximum Gasteiger partial charge on any atom is 0.339 e. The Balaban J connectivity index is 3.63. The van der Waals surface area contributed by atoms with Gasteiger partial charge >= 0.3 is 5.97 Å². The van der Waals surface area contributed by atoms with Crippen molar-refractivity contribution < 1.29 is 14.3 Å². The van der Waals surface area contributed by atoms with Gasteiger partial charge in [-0.1, -0.05) is 0 Å². The highest BCUT2D eigenvalue weighted by Gasteiger charge is 2.23. The largest absolute Gasteiger partial charge is 0.479 e. The van der Waals surface area contributed by atoms with E-state index < -0.39 is 18.2 Å². The van der Waals surface area contributed by atoms with Gasteiger partial charge in [-0.05, 0) is 19.4 Å². The summed E-state index contributed by atoms with van der Waals surface area (Å²) in [7, 11) is 0. The number of hydrogen-bond donors (Lipinski definition) is 3. The molecular formula is C6H13FN2O2. The third-order valence-corrected chi connectivity index (χ3v) is 1.35. The topological polar surface area (TPSA) is 89.3 Å².